The molecule has 1 amide bonds. The lowest BCUT2D eigenvalue weighted by Gasteiger charge is -2.15. The zero-order chi connectivity index (χ0) is 26.9. The summed E-state index contributed by atoms with van der Waals surface area (Å²) in [5.74, 6) is -0.673. The smallest absolute Gasteiger partial charge is 0.294 e. The fourth-order valence-electron chi connectivity index (χ4n) is 3.66. The van der Waals surface area contributed by atoms with Crippen LogP contribution in [0.5, 0.6) is 0 Å². The van der Waals surface area contributed by atoms with Crippen molar-refractivity contribution < 1.29 is 18.1 Å². The van der Waals surface area contributed by atoms with Crippen LogP contribution in [0.2, 0.25) is 10.0 Å². The molecule has 3 heterocycles. The topological polar surface area (TPSA) is 135 Å². The average molecular weight is 603 g/mol. The van der Waals surface area contributed by atoms with Gasteiger partial charge in [-0.05, 0) is 31.8 Å². The zero-order valence-corrected chi connectivity index (χ0v) is 23.5. The van der Waals surface area contributed by atoms with Crippen molar-refractivity contribution in [1.82, 2.24) is 15.2 Å². The van der Waals surface area contributed by atoms with E-state index in [4.69, 9.17) is 23.2 Å². The summed E-state index contributed by atoms with van der Waals surface area (Å²) in [7, 11) is 0.335. The number of benzene rings is 1. The maximum absolute atomic E-state index is 13.0. The second-order valence-corrected chi connectivity index (χ2v) is 13.5. The number of aromatic nitrogens is 1. The largest absolute Gasteiger partial charge is 0.321 e. The van der Waals surface area contributed by atoms with Gasteiger partial charge in [-0.15, -0.1) is 11.3 Å². The second-order valence-electron chi connectivity index (χ2n) is 8.37. The van der Waals surface area contributed by atoms with Crippen molar-refractivity contribution >= 4 is 73.4 Å². The molecule has 0 saturated carbocycles. The standard InChI is InChI=1S/C22H21Cl2N5O5S3/c1-28(2)6-5-26-16-11-37(33,34)19-7-12(3-4-13(16)19)27-21(30)18-8-17(29(31)32)22(35-18)36-20-14(23)9-25-10-15(20)24/h3-4,7-10,16,26H,5-6,11H2,1-2H3,(H,27,30). The summed E-state index contributed by atoms with van der Waals surface area (Å²) < 4.78 is 25.7. The van der Waals surface area contributed by atoms with E-state index >= 15 is 0 Å². The van der Waals surface area contributed by atoms with Gasteiger partial charge in [-0.25, -0.2) is 8.42 Å². The molecule has 1 aliphatic heterocycles. The summed E-state index contributed by atoms with van der Waals surface area (Å²) in [6.07, 6.45) is 2.74. The maximum Gasteiger partial charge on any atom is 0.294 e. The number of thiophene rings is 1. The van der Waals surface area contributed by atoms with Crippen molar-refractivity contribution in [3.05, 3.63) is 67.3 Å². The predicted molar refractivity (Wildman–Crippen MR) is 145 cm³/mol. The van der Waals surface area contributed by atoms with E-state index in [1.54, 1.807) is 12.1 Å². The Bertz CT molecular complexity index is 1460. The first-order chi connectivity index (χ1) is 17.5. The van der Waals surface area contributed by atoms with Gasteiger partial charge in [0, 0.05) is 43.3 Å². The van der Waals surface area contributed by atoms with Crippen molar-refractivity contribution in [3.63, 3.8) is 0 Å². The summed E-state index contributed by atoms with van der Waals surface area (Å²) in [5, 5.41) is 18.0. The number of hydrogen-bond donors (Lipinski definition) is 2. The monoisotopic (exact) mass is 601 g/mol. The van der Waals surface area contributed by atoms with Gasteiger partial charge in [0.1, 0.15) is 9.09 Å². The van der Waals surface area contributed by atoms with E-state index < -0.39 is 20.7 Å². The molecule has 4 rings (SSSR count). The molecule has 37 heavy (non-hydrogen) atoms. The molecule has 2 N–H and O–H groups in total. The molecule has 0 saturated heterocycles. The molecule has 0 fully saturated rings. The number of carbonyl (C=O) groups excluding carboxylic acids is 1. The van der Waals surface area contributed by atoms with Crippen molar-refractivity contribution in [2.24, 2.45) is 0 Å². The Morgan fingerprint density at radius 1 is 1.27 bits per heavy atom. The number of carbonyl (C=O) groups is 1. The lowest BCUT2D eigenvalue weighted by atomic mass is 10.1. The third-order valence-electron chi connectivity index (χ3n) is 5.42. The Balaban J connectivity index is 1.55. The number of sulfone groups is 1. The number of anilines is 1. The summed E-state index contributed by atoms with van der Waals surface area (Å²) in [6.45, 7) is 1.38. The maximum atomic E-state index is 13.0. The first-order valence-corrected chi connectivity index (χ1v) is 14.8. The van der Waals surface area contributed by atoms with E-state index in [0.717, 1.165) is 29.6 Å². The SMILES string of the molecule is CN(C)CCNC1CS(=O)(=O)c2cc(NC(=O)c3cc([N+](=O)[O-])c(Sc4c(Cl)cncc4Cl)s3)ccc21. The predicted octanol–water partition coefficient (Wildman–Crippen LogP) is 4.74. The van der Waals surface area contributed by atoms with Crippen LogP contribution in [0.15, 0.2) is 50.7 Å². The van der Waals surface area contributed by atoms with Crippen molar-refractivity contribution in [2.45, 2.75) is 20.0 Å². The van der Waals surface area contributed by atoms with Crippen LogP contribution in [0, 0.1) is 10.1 Å². The molecule has 1 aromatic carbocycles. The van der Waals surface area contributed by atoms with Crippen LogP contribution in [0.1, 0.15) is 21.3 Å². The van der Waals surface area contributed by atoms with Gasteiger partial charge in [0.2, 0.25) is 0 Å². The Labute approximate surface area is 231 Å². The zero-order valence-electron chi connectivity index (χ0n) is 19.5. The minimum absolute atomic E-state index is 0.0645. The van der Waals surface area contributed by atoms with Crippen LogP contribution >= 0.6 is 46.3 Å². The number of nitrogens with zero attached hydrogens (tertiary/aromatic N) is 3. The molecule has 0 aliphatic carbocycles. The number of nitrogens with one attached hydrogen (secondary N) is 2. The number of pyridine rings is 1. The number of amides is 1. The van der Waals surface area contributed by atoms with Crippen LogP contribution in [-0.2, 0) is 9.84 Å². The third-order valence-corrected chi connectivity index (χ3v) is 10.5. The summed E-state index contributed by atoms with van der Waals surface area (Å²) in [6, 6.07) is 5.54. The molecule has 1 unspecified atom stereocenters. The molecule has 1 aliphatic rings. The number of halogens is 2. The van der Waals surface area contributed by atoms with Gasteiger partial charge in [-0.1, -0.05) is 41.0 Å². The molecule has 0 bridgehead atoms. The molecule has 0 spiro atoms. The van der Waals surface area contributed by atoms with Gasteiger partial charge in [0.05, 0.1) is 30.5 Å². The highest BCUT2D eigenvalue weighted by Gasteiger charge is 2.35. The molecule has 3 aromatic rings. The molecular weight excluding hydrogens is 581 g/mol. The number of fused-ring (bicyclic) bond motifs is 1. The Hall–Kier alpha value is -2.26. The van der Waals surface area contributed by atoms with Gasteiger partial charge in [-0.2, -0.15) is 0 Å². The summed E-state index contributed by atoms with van der Waals surface area (Å²) >= 11 is 14.2. The van der Waals surface area contributed by atoms with E-state index in [9.17, 15) is 23.3 Å². The van der Waals surface area contributed by atoms with Crippen molar-refractivity contribution in [2.75, 3.05) is 38.3 Å². The van der Waals surface area contributed by atoms with E-state index in [-0.39, 0.29) is 47.2 Å². The molecular formula is C22H21Cl2N5O5S3. The van der Waals surface area contributed by atoms with E-state index in [1.165, 1.54) is 24.5 Å². The van der Waals surface area contributed by atoms with E-state index in [0.29, 0.717) is 17.0 Å². The van der Waals surface area contributed by atoms with Crippen LogP contribution < -0.4 is 10.6 Å². The Morgan fingerprint density at radius 3 is 2.62 bits per heavy atom. The normalized spacial score (nSPS) is 16.1. The first-order valence-electron chi connectivity index (χ1n) is 10.8. The highest BCUT2D eigenvalue weighted by molar-refractivity contribution is 8.01. The summed E-state index contributed by atoms with van der Waals surface area (Å²) in [4.78, 5) is 30.5. The number of nitro groups is 1. The van der Waals surface area contributed by atoms with Gasteiger partial charge in [0.15, 0.2) is 9.84 Å². The lowest BCUT2D eigenvalue weighted by Crippen LogP contribution is -2.30. The van der Waals surface area contributed by atoms with Crippen molar-refractivity contribution in [3.8, 4) is 0 Å². The molecule has 196 valence electrons. The highest BCUT2D eigenvalue weighted by Crippen LogP contribution is 2.46. The lowest BCUT2D eigenvalue weighted by molar-refractivity contribution is -0.387. The van der Waals surface area contributed by atoms with Crippen LogP contribution in [0.25, 0.3) is 0 Å². The molecule has 0 radical (unpaired) electrons. The van der Waals surface area contributed by atoms with Crippen LogP contribution in [0.3, 0.4) is 0 Å². The van der Waals surface area contributed by atoms with Gasteiger partial charge in [-0.3, -0.25) is 19.9 Å². The Morgan fingerprint density at radius 2 is 1.97 bits per heavy atom. The van der Waals surface area contributed by atoms with E-state index in [1.807, 2.05) is 19.0 Å². The Kier molecular flexibility index (Phi) is 8.43. The third kappa shape index (κ3) is 6.25. The molecule has 2 aromatic heterocycles. The van der Waals surface area contributed by atoms with E-state index in [2.05, 4.69) is 15.6 Å². The second kappa shape index (κ2) is 11.2. The minimum atomic E-state index is -3.53. The number of likely N-dealkylation sites (N-methyl/N-ethyl adjacent to an activating group) is 1. The van der Waals surface area contributed by atoms with Gasteiger partial charge in [0.25, 0.3) is 11.6 Å². The van der Waals surface area contributed by atoms with Crippen LogP contribution in [-0.4, -0.2) is 62.1 Å². The number of rotatable bonds is 9. The fraction of sp³-hybridized carbons (Fsp3) is 0.273. The van der Waals surface area contributed by atoms with Gasteiger partial charge < -0.3 is 15.5 Å². The van der Waals surface area contributed by atoms with Crippen LogP contribution in [0.4, 0.5) is 11.4 Å². The molecule has 10 nitrogen and oxygen atoms in total. The van der Waals surface area contributed by atoms with Crippen molar-refractivity contribution in [1.29, 1.82) is 0 Å². The molecule has 15 heteroatoms. The number of hydrogen-bond acceptors (Lipinski definition) is 10. The average Bonchev–Trinajstić information content (AvgIpc) is 3.35. The quantitative estimate of drug-likeness (QED) is 0.263. The fourth-order valence-corrected chi connectivity index (χ4v) is 8.21. The summed E-state index contributed by atoms with van der Waals surface area (Å²) in [5.41, 5.74) is 0.646. The van der Waals surface area contributed by atoms with Gasteiger partial charge >= 0.3 is 0 Å². The first kappa shape index (κ1) is 27.8. The minimum Gasteiger partial charge on any atom is -0.321 e. The molecule has 1 atom stereocenters. The highest BCUT2D eigenvalue weighted by atomic mass is 35.5.